The van der Waals surface area contributed by atoms with Gasteiger partial charge in [0.15, 0.2) is 5.75 Å². The Bertz CT molecular complexity index is 1130. The van der Waals surface area contributed by atoms with E-state index in [-0.39, 0.29) is 29.3 Å². The summed E-state index contributed by atoms with van der Waals surface area (Å²) in [5.74, 6) is 0.530. The van der Waals surface area contributed by atoms with Crippen molar-refractivity contribution in [3.05, 3.63) is 23.3 Å². The number of ether oxygens (including phenoxy) is 3. The summed E-state index contributed by atoms with van der Waals surface area (Å²) in [4.78, 5) is 26.8. The topological polar surface area (TPSA) is 80.3 Å². The highest BCUT2D eigenvalue weighted by Gasteiger charge is 2.68. The van der Waals surface area contributed by atoms with Gasteiger partial charge >= 0.3 is 19.2 Å². The molecule has 3 aliphatic carbocycles. The van der Waals surface area contributed by atoms with Gasteiger partial charge in [0.05, 0.1) is 17.0 Å². The standard InChI is InChI=1S/C29H42BClO7S/c1-26(2,3)35-24(32)22-18(39-10)12-11-16(23(22)34-25(33)36-27(4,5)6)13-21(31)30-37-20-15-17-14-19(28(17,7)8)29(20,9)38-30/h11-12,17,19-21H,13-15H2,1-10H3/t17-,19-,20+,21?,29-/m0/s1. The third-order valence-electron chi connectivity index (χ3n) is 8.28. The number of thioether (sulfide) groups is 1. The van der Waals surface area contributed by atoms with Crippen molar-refractivity contribution in [1.82, 2.24) is 0 Å². The van der Waals surface area contributed by atoms with E-state index in [4.69, 9.17) is 35.1 Å². The highest BCUT2D eigenvalue weighted by Crippen LogP contribution is 2.65. The molecule has 0 radical (unpaired) electrons. The van der Waals surface area contributed by atoms with Crippen LogP contribution in [0.15, 0.2) is 17.0 Å². The van der Waals surface area contributed by atoms with Crippen LogP contribution in [0.1, 0.15) is 91.1 Å². The van der Waals surface area contributed by atoms with Crippen molar-refractivity contribution in [1.29, 1.82) is 0 Å². The molecule has 5 atom stereocenters. The summed E-state index contributed by atoms with van der Waals surface area (Å²) in [6.45, 7) is 17.4. The minimum atomic E-state index is -0.910. The van der Waals surface area contributed by atoms with Crippen molar-refractivity contribution in [2.24, 2.45) is 17.3 Å². The molecule has 1 unspecified atom stereocenters. The second-order valence-electron chi connectivity index (χ2n) is 13.8. The first-order chi connectivity index (χ1) is 17.9. The van der Waals surface area contributed by atoms with Crippen molar-refractivity contribution in [2.75, 3.05) is 6.26 Å². The zero-order valence-electron chi connectivity index (χ0n) is 24.8. The Balaban J connectivity index is 1.64. The number of carbonyl (C=O) groups is 2. The van der Waals surface area contributed by atoms with Gasteiger partial charge in [0.2, 0.25) is 0 Å². The normalized spacial score (nSPS) is 28.3. The molecule has 0 amide bonds. The molecule has 1 aliphatic heterocycles. The molecule has 39 heavy (non-hydrogen) atoms. The number of hydrogen-bond acceptors (Lipinski definition) is 8. The van der Waals surface area contributed by atoms with Gasteiger partial charge in [-0.2, -0.15) is 0 Å². The molecule has 216 valence electrons. The third-order valence-corrected chi connectivity index (χ3v) is 9.42. The average Bonchev–Trinajstić information content (AvgIpc) is 3.14. The monoisotopic (exact) mass is 580 g/mol. The quantitative estimate of drug-likeness (QED) is 0.116. The number of esters is 1. The Hall–Kier alpha value is -1.42. The molecule has 1 heterocycles. The first kappa shape index (κ1) is 30.5. The Morgan fingerprint density at radius 3 is 2.31 bits per heavy atom. The van der Waals surface area contributed by atoms with Gasteiger partial charge in [0.1, 0.15) is 16.8 Å². The molecule has 7 nitrogen and oxygen atoms in total. The Labute approximate surface area is 242 Å². The SMILES string of the molecule is CSc1ccc(CC(Cl)B2O[C@@H]3C[C@@H]4C[C@@H](C4(C)C)[C@]3(C)O2)c(OC(=O)OC(C)(C)C)c1C(=O)OC(C)(C)C. The minimum Gasteiger partial charge on any atom is -0.456 e. The summed E-state index contributed by atoms with van der Waals surface area (Å²) in [6, 6.07) is 3.64. The number of carbonyl (C=O) groups excluding carboxylic acids is 2. The van der Waals surface area contributed by atoms with Gasteiger partial charge in [0.25, 0.3) is 0 Å². The fourth-order valence-corrected chi connectivity index (χ4v) is 7.15. The van der Waals surface area contributed by atoms with E-state index >= 15 is 0 Å². The van der Waals surface area contributed by atoms with Crippen LogP contribution in [0.25, 0.3) is 0 Å². The molecule has 4 aliphatic rings. The summed E-state index contributed by atoms with van der Waals surface area (Å²) < 4.78 is 29.8. The molecule has 10 heteroatoms. The zero-order chi connectivity index (χ0) is 29.1. The van der Waals surface area contributed by atoms with E-state index in [1.807, 2.05) is 18.4 Å². The second kappa shape index (κ2) is 10.4. The molecule has 3 saturated carbocycles. The first-order valence-corrected chi connectivity index (χ1v) is 15.3. The van der Waals surface area contributed by atoms with E-state index in [0.717, 1.165) is 12.8 Å². The molecule has 0 N–H and O–H groups in total. The Morgan fingerprint density at radius 2 is 1.74 bits per heavy atom. The molecule has 0 spiro atoms. The molecule has 2 bridgehead atoms. The van der Waals surface area contributed by atoms with Crippen LogP contribution in [-0.4, -0.2) is 53.7 Å². The number of alkyl halides is 1. The Morgan fingerprint density at radius 1 is 1.10 bits per heavy atom. The van der Waals surface area contributed by atoms with Crippen molar-refractivity contribution >= 4 is 42.6 Å². The highest BCUT2D eigenvalue weighted by atomic mass is 35.5. The maximum absolute atomic E-state index is 13.4. The van der Waals surface area contributed by atoms with Gasteiger partial charge in [-0.05, 0) is 103 Å². The number of benzene rings is 1. The lowest BCUT2D eigenvalue weighted by Crippen LogP contribution is -2.65. The minimum absolute atomic E-state index is 0.00537. The van der Waals surface area contributed by atoms with E-state index in [0.29, 0.717) is 22.3 Å². The van der Waals surface area contributed by atoms with Crippen LogP contribution < -0.4 is 4.74 Å². The van der Waals surface area contributed by atoms with Gasteiger partial charge < -0.3 is 23.5 Å². The van der Waals surface area contributed by atoms with Gasteiger partial charge in [-0.3, -0.25) is 0 Å². The van der Waals surface area contributed by atoms with Gasteiger partial charge in [-0.25, -0.2) is 9.59 Å². The lowest BCUT2D eigenvalue weighted by molar-refractivity contribution is -0.199. The van der Waals surface area contributed by atoms with Crippen molar-refractivity contribution in [3.63, 3.8) is 0 Å². The van der Waals surface area contributed by atoms with E-state index in [2.05, 4.69) is 20.8 Å². The predicted molar refractivity (Wildman–Crippen MR) is 154 cm³/mol. The molecule has 1 aromatic carbocycles. The Kier molecular flexibility index (Phi) is 8.18. The molecular weight excluding hydrogens is 539 g/mol. The fraction of sp³-hybridized carbons (Fsp3) is 0.724. The zero-order valence-corrected chi connectivity index (χ0v) is 26.4. The number of rotatable bonds is 6. The molecular formula is C29H42BClO7S. The van der Waals surface area contributed by atoms with Crippen LogP contribution in [0.3, 0.4) is 0 Å². The van der Waals surface area contributed by atoms with Crippen LogP contribution in [0.5, 0.6) is 5.75 Å². The largest absolute Gasteiger partial charge is 0.514 e. The second-order valence-corrected chi connectivity index (χ2v) is 15.2. The molecule has 1 saturated heterocycles. The van der Waals surface area contributed by atoms with Crippen LogP contribution in [-0.2, 0) is 25.2 Å². The number of halogens is 1. The predicted octanol–water partition coefficient (Wildman–Crippen LogP) is 7.10. The van der Waals surface area contributed by atoms with Crippen molar-refractivity contribution < 1.29 is 33.1 Å². The lowest BCUT2D eigenvalue weighted by Gasteiger charge is -2.64. The van der Waals surface area contributed by atoms with Gasteiger partial charge in [-0.1, -0.05) is 19.9 Å². The average molecular weight is 581 g/mol. The van der Waals surface area contributed by atoms with Crippen LogP contribution in [0.4, 0.5) is 4.79 Å². The van der Waals surface area contributed by atoms with E-state index < -0.39 is 41.3 Å². The summed E-state index contributed by atoms with van der Waals surface area (Å²) in [6.07, 6.45) is 3.28. The maximum atomic E-state index is 13.4. The molecule has 4 fully saturated rings. The van der Waals surface area contributed by atoms with Crippen molar-refractivity contribution in [3.8, 4) is 5.75 Å². The summed E-state index contributed by atoms with van der Waals surface area (Å²) in [7, 11) is -0.628. The molecule has 1 aromatic rings. The van der Waals surface area contributed by atoms with Gasteiger partial charge in [0, 0.05) is 4.90 Å². The van der Waals surface area contributed by atoms with E-state index in [9.17, 15) is 9.59 Å². The van der Waals surface area contributed by atoms with Crippen molar-refractivity contribution in [2.45, 2.75) is 115 Å². The smallest absolute Gasteiger partial charge is 0.456 e. The fourth-order valence-electron chi connectivity index (χ4n) is 6.29. The lowest BCUT2D eigenvalue weighted by atomic mass is 9.43. The van der Waals surface area contributed by atoms with Crippen LogP contribution >= 0.6 is 23.4 Å². The number of hydrogen-bond donors (Lipinski definition) is 0. The molecule has 5 rings (SSSR count). The van der Waals surface area contributed by atoms with Crippen LogP contribution in [0.2, 0.25) is 0 Å². The highest BCUT2D eigenvalue weighted by molar-refractivity contribution is 7.98. The van der Waals surface area contributed by atoms with Crippen LogP contribution in [0, 0.1) is 17.3 Å². The summed E-state index contributed by atoms with van der Waals surface area (Å²) in [5.41, 5.74) is -0.961. The third kappa shape index (κ3) is 6.12. The first-order valence-electron chi connectivity index (χ1n) is 13.7. The summed E-state index contributed by atoms with van der Waals surface area (Å²) >= 11 is 8.32. The van der Waals surface area contributed by atoms with E-state index in [1.54, 1.807) is 41.5 Å². The summed E-state index contributed by atoms with van der Waals surface area (Å²) in [5, 5.41) is -0.583. The molecule has 0 aromatic heterocycles. The van der Waals surface area contributed by atoms with Gasteiger partial charge in [-0.15, -0.1) is 23.4 Å². The maximum Gasteiger partial charge on any atom is 0.514 e. The van der Waals surface area contributed by atoms with E-state index in [1.165, 1.54) is 11.8 Å².